The summed E-state index contributed by atoms with van der Waals surface area (Å²) >= 11 is 0. The van der Waals surface area contributed by atoms with Crippen LogP contribution < -0.4 is 0 Å². The van der Waals surface area contributed by atoms with E-state index in [2.05, 4.69) is 4.74 Å². The summed E-state index contributed by atoms with van der Waals surface area (Å²) in [5, 5.41) is 18.6. The number of nitrogens with zero attached hydrogens (tertiary/aromatic N) is 1. The zero-order valence-electron chi connectivity index (χ0n) is 9.31. The normalized spacial score (nSPS) is 10.2. The maximum atomic E-state index is 10.4. The second-order valence-electron chi connectivity index (χ2n) is 3.14. The molecule has 0 bridgehead atoms. The summed E-state index contributed by atoms with van der Waals surface area (Å²) in [6.07, 6.45) is 1.62. The third kappa shape index (κ3) is 4.97. The molecule has 0 aliphatic rings. The van der Waals surface area contributed by atoms with Gasteiger partial charge in [-0.15, -0.1) is 0 Å². The van der Waals surface area contributed by atoms with Gasteiger partial charge in [0.1, 0.15) is 13.2 Å². The molecule has 0 radical (unpaired) electrons. The van der Waals surface area contributed by atoms with Crippen molar-refractivity contribution in [3.05, 3.63) is 46.2 Å². The Labute approximate surface area is 102 Å². The number of benzene rings is 1. The monoisotopic (exact) mass is 253 g/mol. The third-order valence-electron chi connectivity index (χ3n) is 1.89. The van der Waals surface area contributed by atoms with Crippen molar-refractivity contribution in [2.75, 3.05) is 13.2 Å². The van der Waals surface area contributed by atoms with Crippen LogP contribution in [-0.4, -0.2) is 29.4 Å². The molecule has 0 saturated heterocycles. The topological polar surface area (TPSA) is 98.9 Å². The van der Waals surface area contributed by atoms with Gasteiger partial charge in [0, 0.05) is 12.1 Å². The van der Waals surface area contributed by atoms with E-state index in [9.17, 15) is 14.9 Å². The first-order valence-corrected chi connectivity index (χ1v) is 4.98. The van der Waals surface area contributed by atoms with Crippen LogP contribution >= 0.6 is 0 Å². The Kier molecular flexibility index (Phi) is 5.17. The molecule has 7 nitrogen and oxygen atoms in total. The standard InChI is InChI=1S/C11H11NO6/c13-11(14)18-8-7-17-6-5-9-1-3-10(4-2-9)12(15)16/h1-6H,7-8H2,(H,13,14). The van der Waals surface area contributed by atoms with Gasteiger partial charge >= 0.3 is 6.16 Å². The molecule has 18 heavy (non-hydrogen) atoms. The highest BCUT2D eigenvalue weighted by Gasteiger charge is 2.02. The number of carboxylic acid groups (broad SMARTS) is 1. The summed E-state index contributed by atoms with van der Waals surface area (Å²) in [6.45, 7) is 0.0513. The van der Waals surface area contributed by atoms with Crippen LogP contribution in [0.4, 0.5) is 10.5 Å². The van der Waals surface area contributed by atoms with Crippen molar-refractivity contribution >= 4 is 17.9 Å². The lowest BCUT2D eigenvalue weighted by atomic mass is 10.2. The van der Waals surface area contributed by atoms with Gasteiger partial charge in [0.15, 0.2) is 0 Å². The van der Waals surface area contributed by atoms with Crippen molar-refractivity contribution < 1.29 is 24.3 Å². The number of hydrogen-bond donors (Lipinski definition) is 1. The van der Waals surface area contributed by atoms with Gasteiger partial charge in [-0.3, -0.25) is 10.1 Å². The predicted octanol–water partition coefficient (Wildman–Crippen LogP) is 2.28. The predicted molar refractivity (Wildman–Crippen MR) is 62.1 cm³/mol. The molecule has 0 saturated carbocycles. The highest BCUT2D eigenvalue weighted by atomic mass is 16.7. The third-order valence-corrected chi connectivity index (χ3v) is 1.89. The van der Waals surface area contributed by atoms with Crippen molar-refractivity contribution in [2.45, 2.75) is 0 Å². The summed E-state index contributed by atoms with van der Waals surface area (Å²) in [7, 11) is 0. The van der Waals surface area contributed by atoms with Crippen LogP contribution in [0.25, 0.3) is 6.08 Å². The number of ether oxygens (including phenoxy) is 2. The van der Waals surface area contributed by atoms with Crippen molar-refractivity contribution in [1.82, 2.24) is 0 Å². The van der Waals surface area contributed by atoms with E-state index in [1.165, 1.54) is 18.4 Å². The molecule has 0 atom stereocenters. The Hall–Kier alpha value is -2.57. The Morgan fingerprint density at radius 1 is 1.33 bits per heavy atom. The van der Waals surface area contributed by atoms with Crippen molar-refractivity contribution in [3.8, 4) is 0 Å². The number of hydrogen-bond acceptors (Lipinski definition) is 5. The van der Waals surface area contributed by atoms with Crippen LogP contribution in [0.2, 0.25) is 0 Å². The van der Waals surface area contributed by atoms with Gasteiger partial charge in [-0.05, 0) is 23.8 Å². The Morgan fingerprint density at radius 2 is 2.00 bits per heavy atom. The first-order chi connectivity index (χ1) is 8.59. The minimum atomic E-state index is -1.35. The smallest absolute Gasteiger partial charge is 0.498 e. The van der Waals surface area contributed by atoms with E-state index in [0.29, 0.717) is 0 Å². The highest BCUT2D eigenvalue weighted by Crippen LogP contribution is 2.12. The van der Waals surface area contributed by atoms with Gasteiger partial charge in [0.2, 0.25) is 0 Å². The maximum absolute atomic E-state index is 10.4. The van der Waals surface area contributed by atoms with Crippen LogP contribution in [0.1, 0.15) is 5.56 Å². The summed E-state index contributed by atoms with van der Waals surface area (Å²) in [5.74, 6) is 0. The molecule has 0 aliphatic heterocycles. The fourth-order valence-electron chi connectivity index (χ4n) is 1.08. The second-order valence-corrected chi connectivity index (χ2v) is 3.14. The molecule has 0 heterocycles. The molecule has 96 valence electrons. The maximum Gasteiger partial charge on any atom is 0.505 e. The molecular weight excluding hydrogens is 242 g/mol. The molecule has 0 fully saturated rings. The molecule has 7 heteroatoms. The van der Waals surface area contributed by atoms with Crippen LogP contribution in [-0.2, 0) is 9.47 Å². The van der Waals surface area contributed by atoms with Gasteiger partial charge in [-0.1, -0.05) is 0 Å². The van der Waals surface area contributed by atoms with E-state index in [1.54, 1.807) is 18.2 Å². The van der Waals surface area contributed by atoms with E-state index >= 15 is 0 Å². The van der Waals surface area contributed by atoms with Gasteiger partial charge in [-0.25, -0.2) is 4.79 Å². The minimum absolute atomic E-state index is 0.0166. The van der Waals surface area contributed by atoms with Gasteiger partial charge in [0.05, 0.1) is 11.2 Å². The quantitative estimate of drug-likeness (QED) is 0.274. The Balaban J connectivity index is 2.33. The number of rotatable bonds is 6. The largest absolute Gasteiger partial charge is 0.505 e. The lowest BCUT2D eigenvalue weighted by Crippen LogP contribution is -2.06. The Morgan fingerprint density at radius 3 is 2.56 bits per heavy atom. The van der Waals surface area contributed by atoms with Crippen molar-refractivity contribution in [1.29, 1.82) is 0 Å². The lowest BCUT2D eigenvalue weighted by Gasteiger charge is -2.00. The van der Waals surface area contributed by atoms with Crippen molar-refractivity contribution in [3.63, 3.8) is 0 Å². The highest BCUT2D eigenvalue weighted by molar-refractivity contribution is 5.56. The molecule has 1 rings (SSSR count). The van der Waals surface area contributed by atoms with E-state index < -0.39 is 11.1 Å². The minimum Gasteiger partial charge on any atom is -0.498 e. The van der Waals surface area contributed by atoms with E-state index in [-0.39, 0.29) is 18.9 Å². The molecule has 1 N–H and O–H groups in total. The first-order valence-electron chi connectivity index (χ1n) is 4.98. The fourth-order valence-corrected chi connectivity index (χ4v) is 1.08. The SMILES string of the molecule is O=C(O)OCCOC=Cc1ccc([N+](=O)[O-])cc1. The molecule has 1 aromatic carbocycles. The molecule has 1 aromatic rings. The summed E-state index contributed by atoms with van der Waals surface area (Å²) in [5.41, 5.74) is 0.752. The molecule has 0 unspecified atom stereocenters. The molecule has 0 aliphatic carbocycles. The van der Waals surface area contributed by atoms with Crippen LogP contribution in [0.5, 0.6) is 0 Å². The molecule has 0 spiro atoms. The number of nitro benzene ring substituents is 1. The molecular formula is C11H11NO6. The van der Waals surface area contributed by atoms with Gasteiger partial charge in [-0.2, -0.15) is 0 Å². The average Bonchev–Trinajstić information content (AvgIpc) is 2.34. The molecule has 0 aromatic heterocycles. The second kappa shape index (κ2) is 6.89. The number of nitro groups is 1. The lowest BCUT2D eigenvalue weighted by molar-refractivity contribution is -0.384. The van der Waals surface area contributed by atoms with E-state index in [0.717, 1.165) is 5.56 Å². The van der Waals surface area contributed by atoms with E-state index in [1.807, 2.05) is 0 Å². The average molecular weight is 253 g/mol. The summed E-state index contributed by atoms with van der Waals surface area (Å²) in [6, 6.07) is 5.91. The summed E-state index contributed by atoms with van der Waals surface area (Å²) < 4.78 is 9.18. The Bertz CT molecular complexity index is 439. The summed E-state index contributed by atoms with van der Waals surface area (Å²) in [4.78, 5) is 19.9. The molecule has 0 amide bonds. The first kappa shape index (κ1) is 13.5. The van der Waals surface area contributed by atoms with Crippen molar-refractivity contribution in [2.24, 2.45) is 0 Å². The fraction of sp³-hybridized carbons (Fsp3) is 0.182. The van der Waals surface area contributed by atoms with Gasteiger partial charge in [0.25, 0.3) is 5.69 Å². The number of non-ortho nitro benzene ring substituents is 1. The van der Waals surface area contributed by atoms with Crippen LogP contribution in [0, 0.1) is 10.1 Å². The van der Waals surface area contributed by atoms with Gasteiger partial charge < -0.3 is 14.6 Å². The van der Waals surface area contributed by atoms with E-state index in [4.69, 9.17) is 9.84 Å². The zero-order valence-corrected chi connectivity index (χ0v) is 9.31. The van der Waals surface area contributed by atoms with Crippen LogP contribution in [0.3, 0.4) is 0 Å². The zero-order chi connectivity index (χ0) is 13.4. The van der Waals surface area contributed by atoms with Crippen LogP contribution in [0.15, 0.2) is 30.5 Å². The number of carbonyl (C=O) groups is 1.